The summed E-state index contributed by atoms with van der Waals surface area (Å²) >= 11 is 0. The molecule has 0 aliphatic rings. The van der Waals surface area contributed by atoms with Gasteiger partial charge in [0, 0.05) is 11.2 Å². The van der Waals surface area contributed by atoms with Gasteiger partial charge in [-0.3, -0.25) is 14.4 Å². The highest BCUT2D eigenvalue weighted by molar-refractivity contribution is 6.01. The van der Waals surface area contributed by atoms with E-state index in [0.717, 1.165) is 10.8 Å². The molecule has 0 bridgehead atoms. The Morgan fingerprint density at radius 2 is 1.51 bits per heavy atom. The van der Waals surface area contributed by atoms with Crippen LogP contribution in [0.3, 0.4) is 0 Å². The maximum Gasteiger partial charge on any atom is 0.408 e. The number of hydrogen-bond donors (Lipinski definition) is 4. The Morgan fingerprint density at radius 3 is 2.07 bits per heavy atom. The number of benzene rings is 3. The second-order valence-corrected chi connectivity index (χ2v) is 11.8. The average Bonchev–Trinajstić information content (AvgIpc) is 2.85. The van der Waals surface area contributed by atoms with E-state index in [1.54, 1.807) is 47.6 Å². The molecule has 5 N–H and O–H groups in total. The number of phenolic OH excluding ortho intramolecular Hbond substituents is 1. The second-order valence-electron chi connectivity index (χ2n) is 11.8. The van der Waals surface area contributed by atoms with Crippen molar-refractivity contribution in [2.24, 2.45) is 5.73 Å². The molecule has 0 radical (unpaired) electrons. The number of carbonyl (C=O) groups is 4. The number of fused-ring (bicyclic) bond motifs is 1. The first-order valence-corrected chi connectivity index (χ1v) is 13.2. The van der Waals surface area contributed by atoms with Crippen molar-refractivity contribution in [1.82, 2.24) is 10.2 Å². The van der Waals surface area contributed by atoms with Crippen LogP contribution in [0.1, 0.15) is 59.6 Å². The van der Waals surface area contributed by atoms with Gasteiger partial charge in [0.1, 0.15) is 23.4 Å². The summed E-state index contributed by atoms with van der Waals surface area (Å²) in [5, 5.41) is 17.2. The number of phenols is 1. The lowest BCUT2D eigenvalue weighted by Gasteiger charge is -2.43. The molecule has 0 aromatic heterocycles. The highest BCUT2D eigenvalue weighted by Gasteiger charge is 2.42. The number of primary amides is 1. The van der Waals surface area contributed by atoms with Crippen molar-refractivity contribution in [3.8, 4) is 5.75 Å². The number of nitrogens with zero attached hydrogens (tertiary/aromatic N) is 1. The lowest BCUT2D eigenvalue weighted by Crippen LogP contribution is -2.58. The number of hydrogen-bond acceptors (Lipinski definition) is 6. The zero-order chi connectivity index (χ0) is 30.5. The molecular weight excluding hydrogens is 524 g/mol. The largest absolute Gasteiger partial charge is 0.508 e. The predicted octanol–water partition coefficient (Wildman–Crippen LogP) is 4.62. The number of nitrogens with two attached hydrogens (primary N) is 1. The summed E-state index contributed by atoms with van der Waals surface area (Å²) in [6.45, 7) is 10.2. The van der Waals surface area contributed by atoms with Crippen molar-refractivity contribution >= 4 is 40.3 Å². The Labute approximate surface area is 239 Å². The molecule has 10 heteroatoms. The third-order valence-electron chi connectivity index (χ3n) is 6.09. The van der Waals surface area contributed by atoms with Crippen LogP contribution in [0, 0.1) is 0 Å². The van der Waals surface area contributed by atoms with E-state index in [-0.39, 0.29) is 5.75 Å². The van der Waals surface area contributed by atoms with Gasteiger partial charge in [-0.2, -0.15) is 0 Å². The smallest absolute Gasteiger partial charge is 0.408 e. The van der Waals surface area contributed by atoms with Gasteiger partial charge < -0.3 is 31.1 Å². The fourth-order valence-corrected chi connectivity index (χ4v) is 4.42. The molecule has 41 heavy (non-hydrogen) atoms. The summed E-state index contributed by atoms with van der Waals surface area (Å²) in [5.41, 5.74) is 4.52. The van der Waals surface area contributed by atoms with Gasteiger partial charge in [-0.1, -0.05) is 42.5 Å². The molecule has 218 valence electrons. The van der Waals surface area contributed by atoms with Gasteiger partial charge in [-0.15, -0.1) is 0 Å². The Kier molecular flexibility index (Phi) is 9.27. The highest BCUT2D eigenvalue weighted by atomic mass is 16.6. The molecule has 0 aliphatic heterocycles. The van der Waals surface area contributed by atoms with Crippen LogP contribution in [0.15, 0.2) is 66.7 Å². The minimum Gasteiger partial charge on any atom is -0.508 e. The molecule has 0 saturated carbocycles. The first kappa shape index (κ1) is 30.9. The number of anilines is 1. The number of amides is 4. The number of aromatic hydroxyl groups is 1. The summed E-state index contributed by atoms with van der Waals surface area (Å²) in [5.74, 6) is -2.09. The van der Waals surface area contributed by atoms with Gasteiger partial charge in [0.25, 0.3) is 5.91 Å². The van der Waals surface area contributed by atoms with Crippen molar-refractivity contribution in [2.75, 3.05) is 5.32 Å². The first-order chi connectivity index (χ1) is 19.0. The maximum absolute atomic E-state index is 14.2. The zero-order valence-corrected chi connectivity index (χ0v) is 24.2. The highest BCUT2D eigenvalue weighted by Crippen LogP contribution is 2.32. The van der Waals surface area contributed by atoms with Crippen LogP contribution in [-0.2, 0) is 19.1 Å². The van der Waals surface area contributed by atoms with Crippen LogP contribution in [0.5, 0.6) is 5.75 Å². The van der Waals surface area contributed by atoms with Gasteiger partial charge in [-0.05, 0) is 82.1 Å². The Morgan fingerprint density at radius 1 is 0.902 bits per heavy atom. The predicted molar refractivity (Wildman–Crippen MR) is 157 cm³/mol. The van der Waals surface area contributed by atoms with E-state index in [9.17, 15) is 24.3 Å². The summed E-state index contributed by atoms with van der Waals surface area (Å²) < 4.78 is 5.31. The molecule has 3 rings (SSSR count). The SMILES string of the molecule is CC(C)(C)OC(=O)NC(CC(N)=O)C(=O)N(C(C(=O)Nc1ccc2ccccc2c1)c1ccc(O)cc1)C(C)(C)C. The Hall–Kier alpha value is -4.60. The summed E-state index contributed by atoms with van der Waals surface area (Å²) in [6, 6.07) is 16.4. The molecule has 3 aromatic carbocycles. The van der Waals surface area contributed by atoms with Crippen LogP contribution >= 0.6 is 0 Å². The number of ether oxygens (including phenoxy) is 1. The lowest BCUT2D eigenvalue weighted by atomic mass is 9.94. The van der Waals surface area contributed by atoms with Crippen LogP contribution < -0.4 is 16.4 Å². The van der Waals surface area contributed by atoms with Crippen molar-refractivity contribution in [3.63, 3.8) is 0 Å². The molecule has 2 atom stereocenters. The lowest BCUT2D eigenvalue weighted by molar-refractivity contribution is -0.147. The van der Waals surface area contributed by atoms with Gasteiger partial charge in [0.05, 0.1) is 6.42 Å². The van der Waals surface area contributed by atoms with E-state index >= 15 is 0 Å². The average molecular weight is 563 g/mol. The van der Waals surface area contributed by atoms with E-state index in [1.165, 1.54) is 29.2 Å². The third-order valence-corrected chi connectivity index (χ3v) is 6.09. The van der Waals surface area contributed by atoms with Crippen molar-refractivity contribution in [2.45, 2.75) is 71.2 Å². The zero-order valence-electron chi connectivity index (χ0n) is 24.2. The van der Waals surface area contributed by atoms with Gasteiger partial charge in [0.2, 0.25) is 11.8 Å². The summed E-state index contributed by atoms with van der Waals surface area (Å²) in [4.78, 5) is 54.1. The molecule has 0 saturated heterocycles. The minimum atomic E-state index is -1.41. The fourth-order valence-electron chi connectivity index (χ4n) is 4.42. The van der Waals surface area contributed by atoms with E-state index in [4.69, 9.17) is 10.5 Å². The summed E-state index contributed by atoms with van der Waals surface area (Å²) in [7, 11) is 0. The van der Waals surface area contributed by atoms with E-state index < -0.39 is 53.5 Å². The van der Waals surface area contributed by atoms with Crippen molar-refractivity contribution in [3.05, 3.63) is 72.3 Å². The molecular formula is C31H38N4O6. The van der Waals surface area contributed by atoms with Gasteiger partial charge in [-0.25, -0.2) is 4.79 Å². The van der Waals surface area contributed by atoms with E-state index in [2.05, 4.69) is 10.6 Å². The monoisotopic (exact) mass is 562 g/mol. The van der Waals surface area contributed by atoms with Gasteiger partial charge in [0.15, 0.2) is 0 Å². The van der Waals surface area contributed by atoms with Gasteiger partial charge >= 0.3 is 6.09 Å². The summed E-state index contributed by atoms with van der Waals surface area (Å²) in [6.07, 6.45) is -1.42. The standard InChI is InChI=1S/C31H38N4O6/c1-30(2,3)35(28(39)24(18-25(32)37)34-29(40)41-31(4,5)6)26(20-12-15-23(36)16-13-20)27(38)33-22-14-11-19-9-7-8-10-21(19)17-22/h7-17,24,26,36H,18H2,1-6H3,(H2,32,37)(H,33,38)(H,34,40). The van der Waals surface area contributed by atoms with Crippen molar-refractivity contribution < 1.29 is 29.0 Å². The first-order valence-electron chi connectivity index (χ1n) is 13.2. The Bertz CT molecular complexity index is 1420. The van der Waals surface area contributed by atoms with Crippen molar-refractivity contribution in [1.29, 1.82) is 0 Å². The quantitative estimate of drug-likeness (QED) is 0.314. The number of nitrogens with one attached hydrogen (secondary N) is 2. The van der Waals surface area contributed by atoms with Crippen LogP contribution in [0.4, 0.5) is 10.5 Å². The van der Waals surface area contributed by atoms with Crippen LogP contribution in [0.2, 0.25) is 0 Å². The molecule has 0 heterocycles. The maximum atomic E-state index is 14.2. The molecule has 4 amide bonds. The molecule has 2 unspecified atom stereocenters. The molecule has 10 nitrogen and oxygen atoms in total. The third kappa shape index (κ3) is 8.44. The van der Waals surface area contributed by atoms with E-state index in [0.29, 0.717) is 11.3 Å². The normalized spacial score (nSPS) is 13.1. The number of alkyl carbamates (subject to hydrolysis) is 1. The fraction of sp³-hybridized carbons (Fsp3) is 0.355. The Balaban J connectivity index is 2.06. The number of rotatable bonds is 8. The topological polar surface area (TPSA) is 151 Å². The molecule has 3 aromatic rings. The second kappa shape index (κ2) is 12.3. The molecule has 0 fully saturated rings. The van der Waals surface area contributed by atoms with E-state index in [1.807, 2.05) is 36.4 Å². The minimum absolute atomic E-state index is 0.0192. The molecule has 0 spiro atoms. The molecule has 0 aliphatic carbocycles. The number of carbonyl (C=O) groups excluding carboxylic acids is 4. The van der Waals surface area contributed by atoms with Crippen LogP contribution in [-0.4, -0.2) is 51.0 Å². The van der Waals surface area contributed by atoms with Crippen LogP contribution in [0.25, 0.3) is 10.8 Å².